The molecule has 1 heterocycles. The van der Waals surface area contributed by atoms with Gasteiger partial charge in [-0.1, -0.05) is 0 Å². The molecule has 1 aromatic rings. The number of hydrogen-bond acceptors (Lipinski definition) is 4. The summed E-state index contributed by atoms with van der Waals surface area (Å²) in [6, 6.07) is 0. The Kier molecular flexibility index (Phi) is 3.11. The molecule has 14 heavy (non-hydrogen) atoms. The minimum Gasteiger partial charge on any atom is -0.368 e. The summed E-state index contributed by atoms with van der Waals surface area (Å²) in [5, 5.41) is 2.30. The maximum atomic E-state index is 11.2. The molecule has 1 rings (SSSR count). The second kappa shape index (κ2) is 4.31. The second-order valence-corrected chi connectivity index (χ2v) is 2.69. The van der Waals surface area contributed by atoms with Crippen molar-refractivity contribution < 1.29 is 9.59 Å². The fourth-order valence-electron chi connectivity index (χ4n) is 0.768. The van der Waals surface area contributed by atoms with Gasteiger partial charge in [-0.3, -0.25) is 14.6 Å². The summed E-state index contributed by atoms with van der Waals surface area (Å²) in [6.45, 7) is 1.56. The molecule has 0 aliphatic carbocycles. The number of carbonyl (C=O) groups excluding carboxylic acids is 2. The van der Waals surface area contributed by atoms with Crippen molar-refractivity contribution in [1.82, 2.24) is 15.3 Å². The molecule has 0 unspecified atom stereocenters. The lowest BCUT2D eigenvalue weighted by molar-refractivity contribution is -0.117. The number of rotatable bonds is 3. The van der Waals surface area contributed by atoms with E-state index in [2.05, 4.69) is 15.3 Å². The number of aromatic nitrogens is 2. The summed E-state index contributed by atoms with van der Waals surface area (Å²) in [6.07, 6.45) is 2.81. The number of nitrogens with one attached hydrogen (secondary N) is 1. The molecular weight excluding hydrogens is 184 g/mol. The van der Waals surface area contributed by atoms with Crippen molar-refractivity contribution in [3.63, 3.8) is 0 Å². The first-order valence-electron chi connectivity index (χ1n) is 3.94. The molecule has 0 bridgehead atoms. The van der Waals surface area contributed by atoms with Crippen LogP contribution in [-0.4, -0.2) is 28.3 Å². The molecule has 1 aromatic heterocycles. The van der Waals surface area contributed by atoms with E-state index >= 15 is 0 Å². The van der Waals surface area contributed by atoms with E-state index < -0.39 is 11.8 Å². The van der Waals surface area contributed by atoms with Crippen molar-refractivity contribution >= 4 is 11.8 Å². The monoisotopic (exact) mass is 194 g/mol. The molecule has 6 nitrogen and oxygen atoms in total. The molecule has 3 N–H and O–H groups in total. The van der Waals surface area contributed by atoms with E-state index in [1.165, 1.54) is 12.4 Å². The zero-order chi connectivity index (χ0) is 10.6. The quantitative estimate of drug-likeness (QED) is 0.644. The molecule has 0 saturated heterocycles. The van der Waals surface area contributed by atoms with Crippen LogP contribution in [0.5, 0.6) is 0 Å². The minimum atomic E-state index is -0.599. The summed E-state index contributed by atoms with van der Waals surface area (Å²) >= 11 is 0. The summed E-state index contributed by atoms with van der Waals surface area (Å²) < 4.78 is 0. The van der Waals surface area contributed by atoms with Gasteiger partial charge in [0.25, 0.3) is 5.91 Å². The highest BCUT2D eigenvalue weighted by Gasteiger charge is 2.07. The van der Waals surface area contributed by atoms with E-state index in [0.29, 0.717) is 0 Å². The summed E-state index contributed by atoms with van der Waals surface area (Å²) in [4.78, 5) is 29.3. The van der Waals surface area contributed by atoms with Crippen molar-refractivity contribution in [2.24, 2.45) is 5.73 Å². The van der Waals surface area contributed by atoms with Crippen LogP contribution in [-0.2, 0) is 4.79 Å². The molecule has 0 spiro atoms. The molecule has 0 aliphatic rings. The number of hydrogen-bond donors (Lipinski definition) is 2. The first kappa shape index (κ1) is 10.1. The molecule has 0 aliphatic heterocycles. The van der Waals surface area contributed by atoms with Gasteiger partial charge in [-0.2, -0.15) is 0 Å². The largest absolute Gasteiger partial charge is 0.368 e. The van der Waals surface area contributed by atoms with Crippen molar-refractivity contribution in [3.05, 3.63) is 23.8 Å². The first-order valence-corrected chi connectivity index (χ1v) is 3.94. The van der Waals surface area contributed by atoms with E-state index in [0.717, 1.165) is 5.69 Å². The van der Waals surface area contributed by atoms with Gasteiger partial charge in [-0.05, 0) is 6.92 Å². The predicted octanol–water partition coefficient (Wildman–Crippen LogP) is -1.000. The van der Waals surface area contributed by atoms with Gasteiger partial charge in [0, 0.05) is 6.20 Å². The lowest BCUT2D eigenvalue weighted by Crippen LogP contribution is -2.33. The Hall–Kier alpha value is -1.98. The first-order chi connectivity index (χ1) is 6.59. The third-order valence-electron chi connectivity index (χ3n) is 1.44. The molecule has 0 radical (unpaired) electrons. The molecular formula is C8H10N4O2. The molecule has 74 valence electrons. The van der Waals surface area contributed by atoms with E-state index in [-0.39, 0.29) is 12.2 Å². The summed E-state index contributed by atoms with van der Waals surface area (Å²) in [5.41, 5.74) is 5.74. The van der Waals surface area contributed by atoms with Crippen molar-refractivity contribution in [2.45, 2.75) is 6.92 Å². The highest BCUT2D eigenvalue weighted by molar-refractivity contribution is 5.94. The molecule has 0 aromatic carbocycles. The number of amides is 2. The van der Waals surface area contributed by atoms with E-state index in [9.17, 15) is 9.59 Å². The van der Waals surface area contributed by atoms with Gasteiger partial charge in [-0.25, -0.2) is 4.98 Å². The van der Waals surface area contributed by atoms with Crippen LogP contribution in [0.1, 0.15) is 16.2 Å². The van der Waals surface area contributed by atoms with Gasteiger partial charge < -0.3 is 11.1 Å². The molecule has 0 fully saturated rings. The van der Waals surface area contributed by atoms with Gasteiger partial charge >= 0.3 is 0 Å². The SMILES string of the molecule is Cc1cnc(C(=O)NCC(N)=O)cn1. The Balaban J connectivity index is 2.61. The molecule has 2 amide bonds. The maximum Gasteiger partial charge on any atom is 0.271 e. The van der Waals surface area contributed by atoms with Crippen LogP contribution in [0.2, 0.25) is 0 Å². The van der Waals surface area contributed by atoms with Crippen LogP contribution in [0.4, 0.5) is 0 Å². The van der Waals surface area contributed by atoms with Gasteiger partial charge in [-0.15, -0.1) is 0 Å². The predicted molar refractivity (Wildman–Crippen MR) is 48.3 cm³/mol. The third-order valence-corrected chi connectivity index (χ3v) is 1.44. The fraction of sp³-hybridized carbons (Fsp3) is 0.250. The van der Waals surface area contributed by atoms with Crippen LogP contribution in [0, 0.1) is 6.92 Å². The van der Waals surface area contributed by atoms with Gasteiger partial charge in [0.05, 0.1) is 18.4 Å². The second-order valence-electron chi connectivity index (χ2n) is 2.69. The van der Waals surface area contributed by atoms with Crippen LogP contribution in [0.15, 0.2) is 12.4 Å². The average molecular weight is 194 g/mol. The van der Waals surface area contributed by atoms with Crippen LogP contribution < -0.4 is 11.1 Å². The van der Waals surface area contributed by atoms with Gasteiger partial charge in [0.1, 0.15) is 5.69 Å². The average Bonchev–Trinajstić information content (AvgIpc) is 2.15. The fourth-order valence-corrected chi connectivity index (χ4v) is 0.768. The van der Waals surface area contributed by atoms with Crippen LogP contribution in [0.3, 0.4) is 0 Å². The van der Waals surface area contributed by atoms with Crippen molar-refractivity contribution in [2.75, 3.05) is 6.54 Å². The summed E-state index contributed by atoms with van der Waals surface area (Å²) in [5.74, 6) is -1.06. The zero-order valence-electron chi connectivity index (χ0n) is 7.65. The lowest BCUT2D eigenvalue weighted by Gasteiger charge is -2.01. The number of aryl methyl sites for hydroxylation is 1. The molecule has 6 heteroatoms. The Morgan fingerprint density at radius 3 is 2.64 bits per heavy atom. The minimum absolute atomic E-state index is 0.164. The smallest absolute Gasteiger partial charge is 0.271 e. The Labute approximate surface area is 80.5 Å². The lowest BCUT2D eigenvalue weighted by atomic mass is 10.4. The number of carbonyl (C=O) groups is 2. The van der Waals surface area contributed by atoms with Crippen LogP contribution in [0.25, 0.3) is 0 Å². The van der Waals surface area contributed by atoms with E-state index in [1.807, 2.05) is 0 Å². The Bertz CT molecular complexity index is 347. The third kappa shape index (κ3) is 2.81. The van der Waals surface area contributed by atoms with Gasteiger partial charge in [0.2, 0.25) is 5.91 Å². The Morgan fingerprint density at radius 1 is 1.43 bits per heavy atom. The number of nitrogens with zero attached hydrogens (tertiary/aromatic N) is 2. The highest BCUT2D eigenvalue weighted by Crippen LogP contribution is 1.93. The number of primary amides is 1. The van der Waals surface area contributed by atoms with E-state index in [1.54, 1.807) is 6.92 Å². The van der Waals surface area contributed by atoms with Crippen LogP contribution >= 0.6 is 0 Å². The Morgan fingerprint density at radius 2 is 2.14 bits per heavy atom. The normalized spacial score (nSPS) is 9.50. The standard InChI is InChI=1S/C8H10N4O2/c1-5-2-11-6(3-10-5)8(14)12-4-7(9)13/h2-3H,4H2,1H3,(H2,9,13)(H,12,14). The summed E-state index contributed by atoms with van der Waals surface area (Å²) in [7, 11) is 0. The molecule has 0 saturated carbocycles. The van der Waals surface area contributed by atoms with Gasteiger partial charge in [0.15, 0.2) is 0 Å². The topological polar surface area (TPSA) is 98.0 Å². The van der Waals surface area contributed by atoms with E-state index in [4.69, 9.17) is 5.73 Å². The number of nitrogens with two attached hydrogens (primary N) is 1. The van der Waals surface area contributed by atoms with Crippen molar-refractivity contribution in [3.8, 4) is 0 Å². The zero-order valence-corrected chi connectivity index (χ0v) is 7.65. The molecule has 0 atom stereocenters. The maximum absolute atomic E-state index is 11.2. The van der Waals surface area contributed by atoms with Crippen molar-refractivity contribution in [1.29, 1.82) is 0 Å². The highest BCUT2D eigenvalue weighted by atomic mass is 16.2.